The molecule has 1 aliphatic carbocycles. The monoisotopic (exact) mass is 439 g/mol. The first-order valence-corrected chi connectivity index (χ1v) is 12.0. The van der Waals surface area contributed by atoms with Crippen molar-refractivity contribution in [1.82, 2.24) is 15.0 Å². The van der Waals surface area contributed by atoms with Crippen molar-refractivity contribution >= 4 is 33.3 Å². The molecule has 1 saturated heterocycles. The fourth-order valence-electron chi connectivity index (χ4n) is 4.61. The lowest BCUT2D eigenvalue weighted by atomic mass is 9.94. The summed E-state index contributed by atoms with van der Waals surface area (Å²) in [6.45, 7) is 7.32. The van der Waals surface area contributed by atoms with E-state index >= 15 is 0 Å². The molecule has 1 saturated carbocycles. The molecule has 3 aromatic rings. The number of para-hydroxylation sites is 1. The van der Waals surface area contributed by atoms with Gasteiger partial charge in [-0.2, -0.15) is 4.98 Å². The van der Waals surface area contributed by atoms with Crippen LogP contribution >= 0.6 is 11.3 Å². The second kappa shape index (κ2) is 8.59. The number of nitrogens with zero attached hydrogens (tertiary/aromatic N) is 3. The van der Waals surface area contributed by atoms with Crippen molar-refractivity contribution in [2.24, 2.45) is 11.8 Å². The zero-order valence-electron chi connectivity index (χ0n) is 18.1. The Hall–Kier alpha value is -2.45. The Labute approximate surface area is 185 Å². The first kappa shape index (κ1) is 20.5. The lowest BCUT2D eigenvalue weighted by molar-refractivity contribution is 0.122. The molecule has 2 N–H and O–H groups in total. The van der Waals surface area contributed by atoms with Gasteiger partial charge >= 0.3 is 0 Å². The average Bonchev–Trinajstić information content (AvgIpc) is 3.41. The van der Waals surface area contributed by atoms with Gasteiger partial charge in [-0.1, -0.05) is 26.0 Å². The van der Waals surface area contributed by atoms with Crippen LogP contribution in [0, 0.1) is 11.8 Å². The van der Waals surface area contributed by atoms with Gasteiger partial charge in [-0.25, -0.2) is 4.98 Å². The molecule has 0 radical (unpaired) electrons. The molecular formula is C23H29N5O2S. The molecule has 1 aromatic carbocycles. The number of morpholine rings is 1. The summed E-state index contributed by atoms with van der Waals surface area (Å²) in [6, 6.07) is 8.32. The quantitative estimate of drug-likeness (QED) is 0.622. The molecule has 0 bridgehead atoms. The van der Waals surface area contributed by atoms with Crippen LogP contribution in [0.5, 0.6) is 0 Å². The molecule has 2 aliphatic rings. The summed E-state index contributed by atoms with van der Waals surface area (Å²) in [5, 5.41) is 4.35. The summed E-state index contributed by atoms with van der Waals surface area (Å²) >= 11 is 1.54. The SMILES string of the molecule is CC(C)C1CCC(Nc2nc(N3CCOCC3)[nH]c(=O)c2-c2nc3ccccc3s2)C1. The van der Waals surface area contributed by atoms with Gasteiger partial charge in [-0.3, -0.25) is 9.78 Å². The Morgan fingerprint density at radius 2 is 2.00 bits per heavy atom. The van der Waals surface area contributed by atoms with Crippen molar-refractivity contribution in [2.45, 2.75) is 39.2 Å². The second-order valence-electron chi connectivity index (χ2n) is 8.86. The van der Waals surface area contributed by atoms with Crippen LogP contribution in [0.1, 0.15) is 33.1 Å². The Morgan fingerprint density at radius 1 is 1.19 bits per heavy atom. The molecule has 8 heteroatoms. The van der Waals surface area contributed by atoms with E-state index in [9.17, 15) is 4.79 Å². The molecule has 2 fully saturated rings. The Balaban J connectivity index is 1.54. The van der Waals surface area contributed by atoms with E-state index in [0.717, 1.165) is 36.1 Å². The van der Waals surface area contributed by atoms with Crippen LogP contribution in [-0.2, 0) is 4.74 Å². The predicted molar refractivity (Wildman–Crippen MR) is 126 cm³/mol. The van der Waals surface area contributed by atoms with Crippen molar-refractivity contribution in [1.29, 1.82) is 0 Å². The summed E-state index contributed by atoms with van der Waals surface area (Å²) in [5.41, 5.74) is 1.31. The van der Waals surface area contributed by atoms with Crippen molar-refractivity contribution in [3.05, 3.63) is 34.6 Å². The largest absolute Gasteiger partial charge is 0.378 e. The van der Waals surface area contributed by atoms with Crippen LogP contribution in [0.3, 0.4) is 0 Å². The van der Waals surface area contributed by atoms with E-state index < -0.39 is 0 Å². The molecule has 2 atom stereocenters. The number of anilines is 2. The standard InChI is InChI=1S/C23H29N5O2S/c1-14(2)15-7-8-16(13-15)24-20-19(22-25-17-5-3-4-6-18(17)31-22)21(29)27-23(26-20)28-9-11-30-12-10-28/h3-6,14-16H,7-13H2,1-2H3,(H2,24,26,27,29). The summed E-state index contributed by atoms with van der Waals surface area (Å²) in [6.07, 6.45) is 3.42. The van der Waals surface area contributed by atoms with Crippen LogP contribution in [0.2, 0.25) is 0 Å². The summed E-state index contributed by atoms with van der Waals surface area (Å²) in [4.78, 5) is 28.1. The van der Waals surface area contributed by atoms with E-state index in [-0.39, 0.29) is 5.56 Å². The molecule has 2 aromatic heterocycles. The molecule has 1 aliphatic heterocycles. The van der Waals surface area contributed by atoms with Gasteiger partial charge in [0.25, 0.3) is 5.56 Å². The molecular weight excluding hydrogens is 410 g/mol. The van der Waals surface area contributed by atoms with Gasteiger partial charge in [-0.05, 0) is 43.2 Å². The maximum absolute atomic E-state index is 13.3. The molecule has 3 heterocycles. The number of benzene rings is 1. The second-order valence-corrected chi connectivity index (χ2v) is 9.89. The normalized spacial score (nSPS) is 21.8. The van der Waals surface area contributed by atoms with E-state index in [1.165, 1.54) is 17.8 Å². The number of hydrogen-bond acceptors (Lipinski definition) is 7. The maximum atomic E-state index is 13.3. The van der Waals surface area contributed by atoms with Gasteiger partial charge in [0.05, 0.1) is 23.4 Å². The minimum absolute atomic E-state index is 0.142. The minimum Gasteiger partial charge on any atom is -0.378 e. The highest BCUT2D eigenvalue weighted by atomic mass is 32.1. The summed E-state index contributed by atoms with van der Waals surface area (Å²) in [7, 11) is 0. The number of H-pyrrole nitrogens is 1. The molecule has 164 valence electrons. The molecule has 7 nitrogen and oxygen atoms in total. The number of fused-ring (bicyclic) bond motifs is 1. The number of nitrogens with one attached hydrogen (secondary N) is 2. The van der Waals surface area contributed by atoms with E-state index in [2.05, 4.69) is 29.0 Å². The van der Waals surface area contributed by atoms with Gasteiger partial charge in [0.1, 0.15) is 16.4 Å². The molecule has 2 unspecified atom stereocenters. The van der Waals surface area contributed by atoms with Gasteiger partial charge < -0.3 is 15.0 Å². The van der Waals surface area contributed by atoms with Crippen LogP contribution in [0.15, 0.2) is 29.1 Å². The van der Waals surface area contributed by atoms with Crippen LogP contribution in [-0.4, -0.2) is 47.3 Å². The Morgan fingerprint density at radius 3 is 2.74 bits per heavy atom. The predicted octanol–water partition coefficient (Wildman–Crippen LogP) is 4.12. The number of ether oxygens (including phenoxy) is 1. The van der Waals surface area contributed by atoms with Gasteiger partial charge in [-0.15, -0.1) is 11.3 Å². The highest BCUT2D eigenvalue weighted by Gasteiger charge is 2.29. The lowest BCUT2D eigenvalue weighted by Crippen LogP contribution is -2.38. The average molecular weight is 440 g/mol. The fourth-order valence-corrected chi connectivity index (χ4v) is 5.62. The van der Waals surface area contributed by atoms with Gasteiger partial charge in [0.15, 0.2) is 0 Å². The third-order valence-electron chi connectivity index (χ3n) is 6.48. The third kappa shape index (κ3) is 4.19. The smallest absolute Gasteiger partial charge is 0.264 e. The van der Waals surface area contributed by atoms with E-state index in [1.54, 1.807) is 0 Å². The van der Waals surface area contributed by atoms with Gasteiger partial charge in [0.2, 0.25) is 5.95 Å². The first-order valence-electron chi connectivity index (χ1n) is 11.2. The van der Waals surface area contributed by atoms with Crippen LogP contribution in [0.25, 0.3) is 20.8 Å². The van der Waals surface area contributed by atoms with Gasteiger partial charge in [0, 0.05) is 19.1 Å². The summed E-state index contributed by atoms with van der Waals surface area (Å²) in [5.74, 6) is 2.65. The number of aromatic nitrogens is 3. The van der Waals surface area contributed by atoms with Crippen molar-refractivity contribution in [2.75, 3.05) is 36.5 Å². The Bertz CT molecular complexity index is 1090. The molecule has 0 spiro atoms. The summed E-state index contributed by atoms with van der Waals surface area (Å²) < 4.78 is 6.54. The Kier molecular flexibility index (Phi) is 5.67. The number of rotatable bonds is 5. The topological polar surface area (TPSA) is 83.1 Å². The van der Waals surface area contributed by atoms with E-state index in [0.29, 0.717) is 53.4 Å². The number of hydrogen-bond donors (Lipinski definition) is 2. The highest BCUT2D eigenvalue weighted by Crippen LogP contribution is 2.36. The molecule has 5 rings (SSSR count). The first-order chi connectivity index (χ1) is 15.1. The minimum atomic E-state index is -0.142. The fraction of sp³-hybridized carbons (Fsp3) is 0.522. The van der Waals surface area contributed by atoms with E-state index in [1.807, 2.05) is 24.3 Å². The zero-order valence-corrected chi connectivity index (χ0v) is 18.9. The number of aromatic amines is 1. The van der Waals surface area contributed by atoms with Crippen molar-refractivity contribution in [3.63, 3.8) is 0 Å². The lowest BCUT2D eigenvalue weighted by Gasteiger charge is -2.28. The van der Waals surface area contributed by atoms with Crippen molar-refractivity contribution < 1.29 is 4.74 Å². The van der Waals surface area contributed by atoms with E-state index in [4.69, 9.17) is 14.7 Å². The van der Waals surface area contributed by atoms with Crippen LogP contribution < -0.4 is 15.8 Å². The van der Waals surface area contributed by atoms with Crippen LogP contribution in [0.4, 0.5) is 11.8 Å². The maximum Gasteiger partial charge on any atom is 0.264 e. The molecule has 31 heavy (non-hydrogen) atoms. The zero-order chi connectivity index (χ0) is 21.4. The molecule has 0 amide bonds. The van der Waals surface area contributed by atoms with Crippen molar-refractivity contribution in [3.8, 4) is 10.6 Å². The number of thiazole rings is 1. The third-order valence-corrected chi connectivity index (χ3v) is 7.54. The highest BCUT2D eigenvalue weighted by molar-refractivity contribution is 7.21.